The second kappa shape index (κ2) is 22.2. The molecule has 0 aromatic heterocycles. The molecule has 0 aliphatic rings. The predicted molar refractivity (Wildman–Crippen MR) is 136 cm³/mol. The van der Waals surface area contributed by atoms with E-state index in [0.29, 0.717) is 12.8 Å². The van der Waals surface area contributed by atoms with Crippen LogP contribution in [0.4, 0.5) is 0 Å². The van der Waals surface area contributed by atoms with E-state index < -0.39 is 17.9 Å². The van der Waals surface area contributed by atoms with Gasteiger partial charge in [0.1, 0.15) is 6.04 Å². The zero-order valence-corrected chi connectivity index (χ0v) is 21.8. The zero-order valence-electron chi connectivity index (χ0n) is 21.8. The molecule has 3 N–H and O–H groups in total. The smallest absolute Gasteiger partial charge is 0.328 e. The third-order valence-corrected chi connectivity index (χ3v) is 6.20. The first-order valence-corrected chi connectivity index (χ1v) is 13.7. The van der Waals surface area contributed by atoms with Crippen LogP contribution in [0.15, 0.2) is 0 Å². The third kappa shape index (κ3) is 20.7. The van der Waals surface area contributed by atoms with Crippen LogP contribution in [0.25, 0.3) is 0 Å². The molecule has 0 heterocycles. The highest BCUT2D eigenvalue weighted by molar-refractivity contribution is 5.85. The van der Waals surface area contributed by atoms with Crippen LogP contribution < -0.4 is 11.1 Å². The van der Waals surface area contributed by atoms with Gasteiger partial charge in [0.15, 0.2) is 0 Å². The second-order valence-electron chi connectivity index (χ2n) is 9.48. The largest absolute Gasteiger partial charge is 0.461 e. The number of nitrogens with two attached hydrogens (primary N) is 1. The van der Waals surface area contributed by atoms with Crippen molar-refractivity contribution in [1.82, 2.24) is 5.32 Å². The normalized spacial score (nSPS) is 12.8. The lowest BCUT2D eigenvalue weighted by Crippen LogP contribution is -2.43. The van der Waals surface area contributed by atoms with Gasteiger partial charge in [0.25, 0.3) is 0 Å². The van der Waals surface area contributed by atoms with E-state index in [2.05, 4.69) is 12.2 Å². The molecule has 0 aromatic carbocycles. The molecule has 2 atom stereocenters. The number of rotatable bonds is 23. The summed E-state index contributed by atoms with van der Waals surface area (Å²) in [5, 5.41) is 2.73. The number of hydrogen-bond acceptors (Lipinski definition) is 4. The van der Waals surface area contributed by atoms with Crippen molar-refractivity contribution in [2.24, 2.45) is 5.73 Å². The molecule has 0 rings (SSSR count). The summed E-state index contributed by atoms with van der Waals surface area (Å²) in [6.45, 7) is 5.99. The lowest BCUT2D eigenvalue weighted by atomic mass is 10.0. The van der Waals surface area contributed by atoms with Gasteiger partial charge in [0, 0.05) is 12.8 Å². The maximum atomic E-state index is 12.3. The predicted octanol–water partition coefficient (Wildman–Crippen LogP) is 6.34. The molecule has 0 aliphatic heterocycles. The Morgan fingerprint density at radius 2 is 1.18 bits per heavy atom. The molecule has 194 valence electrons. The minimum absolute atomic E-state index is 0.0412. The molecule has 0 fully saturated rings. The van der Waals surface area contributed by atoms with Gasteiger partial charge in [0.05, 0.1) is 6.10 Å². The number of hydrogen-bond donors (Lipinski definition) is 2. The SMILES string of the molecule is CCCCCCCCCCCCCCCCCC(=O)N[C@@H](CCC(N)=O)C(=O)OC(C)CC. The standard InChI is InChI=1S/C27H52N2O4/c1-4-6-7-8-9-10-11-12-13-14-15-16-17-18-19-20-26(31)29-24(21-22-25(28)30)27(32)33-23(3)5-2/h23-24H,4-22H2,1-3H3,(H2,28,30)(H,29,31)/t23?,24-/m0/s1. The highest BCUT2D eigenvalue weighted by atomic mass is 16.5. The van der Waals surface area contributed by atoms with Gasteiger partial charge in [-0.1, -0.05) is 104 Å². The van der Waals surface area contributed by atoms with Gasteiger partial charge in [-0.05, 0) is 26.2 Å². The zero-order chi connectivity index (χ0) is 24.7. The molecule has 6 heteroatoms. The maximum absolute atomic E-state index is 12.3. The molecule has 1 unspecified atom stereocenters. The van der Waals surface area contributed by atoms with Gasteiger partial charge in [-0.2, -0.15) is 0 Å². The number of primary amides is 1. The number of ether oxygens (including phenoxy) is 1. The Kier molecular flexibility index (Phi) is 21.1. The van der Waals surface area contributed by atoms with Gasteiger partial charge in [-0.3, -0.25) is 9.59 Å². The molecule has 0 radical (unpaired) electrons. The van der Waals surface area contributed by atoms with Crippen molar-refractivity contribution in [1.29, 1.82) is 0 Å². The number of carbonyl (C=O) groups is 3. The summed E-state index contributed by atoms with van der Waals surface area (Å²) in [4.78, 5) is 35.6. The average molecular weight is 469 g/mol. The van der Waals surface area contributed by atoms with Gasteiger partial charge in [-0.15, -0.1) is 0 Å². The molecule has 6 nitrogen and oxygen atoms in total. The third-order valence-electron chi connectivity index (χ3n) is 6.20. The van der Waals surface area contributed by atoms with Crippen LogP contribution in [0.1, 0.15) is 143 Å². The minimum Gasteiger partial charge on any atom is -0.461 e. The lowest BCUT2D eigenvalue weighted by molar-refractivity contribution is -0.152. The van der Waals surface area contributed by atoms with Gasteiger partial charge >= 0.3 is 5.97 Å². The molecular formula is C27H52N2O4. The molecule has 33 heavy (non-hydrogen) atoms. The molecular weight excluding hydrogens is 416 g/mol. The van der Waals surface area contributed by atoms with Crippen molar-refractivity contribution >= 4 is 17.8 Å². The maximum Gasteiger partial charge on any atom is 0.328 e. The van der Waals surface area contributed by atoms with Crippen LogP contribution in [0.2, 0.25) is 0 Å². The highest BCUT2D eigenvalue weighted by Crippen LogP contribution is 2.14. The fourth-order valence-corrected chi connectivity index (χ4v) is 3.82. The Labute approximate surface area is 203 Å². The quantitative estimate of drug-likeness (QED) is 0.135. The van der Waals surface area contributed by atoms with Gasteiger partial charge < -0.3 is 15.8 Å². The van der Waals surface area contributed by atoms with Crippen LogP contribution in [-0.2, 0) is 19.1 Å². The van der Waals surface area contributed by atoms with Crippen LogP contribution >= 0.6 is 0 Å². The Balaban J connectivity index is 3.78. The van der Waals surface area contributed by atoms with Gasteiger partial charge in [-0.25, -0.2) is 4.79 Å². The second-order valence-corrected chi connectivity index (χ2v) is 9.48. The molecule has 0 saturated carbocycles. The van der Waals surface area contributed by atoms with E-state index >= 15 is 0 Å². The molecule has 2 amide bonds. The van der Waals surface area contributed by atoms with Crippen molar-refractivity contribution in [3.63, 3.8) is 0 Å². The molecule has 0 bridgehead atoms. The van der Waals surface area contributed by atoms with E-state index in [1.165, 1.54) is 77.0 Å². The van der Waals surface area contributed by atoms with Crippen molar-refractivity contribution in [2.75, 3.05) is 0 Å². The number of unbranched alkanes of at least 4 members (excludes halogenated alkanes) is 14. The summed E-state index contributed by atoms with van der Waals surface area (Å²) < 4.78 is 5.32. The minimum atomic E-state index is -0.810. The number of nitrogens with one attached hydrogen (secondary N) is 1. The summed E-state index contributed by atoms with van der Waals surface area (Å²) in [5.41, 5.74) is 5.19. The van der Waals surface area contributed by atoms with Crippen LogP contribution in [0.3, 0.4) is 0 Å². The first-order valence-electron chi connectivity index (χ1n) is 13.7. The molecule has 0 aliphatic carbocycles. The first-order chi connectivity index (χ1) is 15.9. The van der Waals surface area contributed by atoms with Crippen LogP contribution in [0, 0.1) is 0 Å². The number of amides is 2. The van der Waals surface area contributed by atoms with Crippen molar-refractivity contribution < 1.29 is 19.1 Å². The summed E-state index contributed by atoms with van der Waals surface area (Å²) in [6.07, 6.45) is 20.3. The van der Waals surface area contributed by atoms with Crippen molar-refractivity contribution in [3.05, 3.63) is 0 Å². The topological polar surface area (TPSA) is 98.5 Å². The molecule has 0 saturated heterocycles. The highest BCUT2D eigenvalue weighted by Gasteiger charge is 2.24. The summed E-state index contributed by atoms with van der Waals surface area (Å²) in [6, 6.07) is -0.810. The monoisotopic (exact) mass is 468 g/mol. The fourth-order valence-electron chi connectivity index (χ4n) is 3.82. The van der Waals surface area contributed by atoms with E-state index in [1.54, 1.807) is 6.92 Å². The first kappa shape index (κ1) is 31.4. The fraction of sp³-hybridized carbons (Fsp3) is 0.889. The average Bonchev–Trinajstić information content (AvgIpc) is 2.78. The Bertz CT molecular complexity index is 510. The van der Waals surface area contributed by atoms with Crippen molar-refractivity contribution in [3.8, 4) is 0 Å². The lowest BCUT2D eigenvalue weighted by Gasteiger charge is -2.19. The molecule has 0 aromatic rings. The Hall–Kier alpha value is -1.59. The van der Waals surface area contributed by atoms with E-state index in [9.17, 15) is 14.4 Å². The van der Waals surface area contributed by atoms with E-state index in [1.807, 2.05) is 6.92 Å². The van der Waals surface area contributed by atoms with Gasteiger partial charge in [0.2, 0.25) is 11.8 Å². The summed E-state index contributed by atoms with van der Waals surface area (Å²) >= 11 is 0. The number of carbonyl (C=O) groups excluding carboxylic acids is 3. The Morgan fingerprint density at radius 3 is 1.61 bits per heavy atom. The van der Waals surface area contributed by atoms with Crippen LogP contribution in [-0.4, -0.2) is 29.9 Å². The van der Waals surface area contributed by atoms with E-state index in [-0.39, 0.29) is 24.9 Å². The summed E-state index contributed by atoms with van der Waals surface area (Å²) in [7, 11) is 0. The molecule has 0 spiro atoms. The van der Waals surface area contributed by atoms with Crippen LogP contribution in [0.5, 0.6) is 0 Å². The number of esters is 1. The van der Waals surface area contributed by atoms with E-state index in [4.69, 9.17) is 10.5 Å². The Morgan fingerprint density at radius 1 is 0.727 bits per heavy atom. The van der Waals surface area contributed by atoms with Crippen molar-refractivity contribution in [2.45, 2.75) is 155 Å². The summed E-state index contributed by atoms with van der Waals surface area (Å²) in [5.74, 6) is -1.15. The van der Waals surface area contributed by atoms with E-state index in [0.717, 1.165) is 19.3 Å².